The molecule has 3 aromatic rings. The fourth-order valence-electron chi connectivity index (χ4n) is 5.34. The van der Waals surface area contributed by atoms with Crippen LogP contribution >= 0.6 is 0 Å². The van der Waals surface area contributed by atoms with Gasteiger partial charge in [-0.15, -0.1) is 0 Å². The van der Waals surface area contributed by atoms with Crippen molar-refractivity contribution in [2.24, 2.45) is 0 Å². The van der Waals surface area contributed by atoms with E-state index in [0.29, 0.717) is 0 Å². The van der Waals surface area contributed by atoms with Gasteiger partial charge in [0.2, 0.25) is 0 Å². The zero-order valence-corrected chi connectivity index (χ0v) is 23.7. The molecule has 3 heteroatoms. The minimum atomic E-state index is -0.541. The molecule has 3 aromatic carbocycles. The second-order valence-electron chi connectivity index (χ2n) is 10.6. The number of hydrogen-bond donors (Lipinski definition) is 1. The summed E-state index contributed by atoms with van der Waals surface area (Å²) in [5.41, 5.74) is 2.21. The van der Waals surface area contributed by atoms with Crippen molar-refractivity contribution in [2.75, 3.05) is 20.6 Å². The van der Waals surface area contributed by atoms with Crippen LogP contribution in [0.25, 0.3) is 10.8 Å². The summed E-state index contributed by atoms with van der Waals surface area (Å²) < 4.78 is 0.783. The quantitative estimate of drug-likeness (QED) is 0.196. The van der Waals surface area contributed by atoms with Crippen molar-refractivity contribution < 1.29 is 26.6 Å². The molecule has 0 bridgehead atoms. The summed E-state index contributed by atoms with van der Waals surface area (Å²) in [5, 5.41) is 14.1. The van der Waals surface area contributed by atoms with Crippen LogP contribution in [0, 0.1) is 0 Å². The van der Waals surface area contributed by atoms with E-state index in [9.17, 15) is 5.11 Å². The van der Waals surface area contributed by atoms with Crippen LogP contribution in [-0.2, 0) is 0 Å². The molecule has 0 aliphatic heterocycles. The molecule has 0 heterocycles. The Hall–Kier alpha value is -1.68. The second kappa shape index (κ2) is 15.4. The first-order valence-electron chi connectivity index (χ1n) is 13.6. The van der Waals surface area contributed by atoms with E-state index in [-0.39, 0.29) is 23.0 Å². The van der Waals surface area contributed by atoms with Gasteiger partial charge in [-0.05, 0) is 35.2 Å². The number of hydrogen-bond acceptors (Lipinski definition) is 1. The van der Waals surface area contributed by atoms with Crippen LogP contribution in [0.4, 0.5) is 0 Å². The van der Waals surface area contributed by atoms with Gasteiger partial charge in [-0.2, -0.15) is 0 Å². The summed E-state index contributed by atoms with van der Waals surface area (Å²) in [5.74, 6) is 0. The number of unbranched alkanes of at least 4 members (excludes halogenated alkanes) is 9. The third-order valence-electron chi connectivity index (χ3n) is 7.40. The van der Waals surface area contributed by atoms with Gasteiger partial charge in [-0.1, -0.05) is 125 Å². The molecule has 0 fully saturated rings. The molecular weight excluding hydrogens is 494 g/mol. The van der Waals surface area contributed by atoms with Crippen molar-refractivity contribution >= 4 is 10.8 Å². The molecule has 0 saturated carbocycles. The predicted molar refractivity (Wildman–Crippen MR) is 147 cm³/mol. The third-order valence-corrected chi connectivity index (χ3v) is 7.40. The molecule has 0 aliphatic rings. The Kier molecular flexibility index (Phi) is 13.0. The van der Waals surface area contributed by atoms with Gasteiger partial charge in [0.05, 0.1) is 20.6 Å². The van der Waals surface area contributed by atoms with Crippen LogP contribution in [0.3, 0.4) is 0 Å². The molecule has 35 heavy (non-hydrogen) atoms. The lowest BCUT2D eigenvalue weighted by molar-refractivity contribution is -0.926. The topological polar surface area (TPSA) is 20.2 Å². The van der Waals surface area contributed by atoms with Crippen LogP contribution < -0.4 is 17.0 Å². The number of likely N-dealkylation sites (N-methyl/N-ethyl adjacent to an activating group) is 1. The van der Waals surface area contributed by atoms with Crippen LogP contribution in [0.1, 0.15) is 94.4 Å². The Bertz CT molecular complexity index is 971. The van der Waals surface area contributed by atoms with E-state index in [4.69, 9.17) is 0 Å². The SMILES string of the molecule is CCCCCCCCCCCC[N+](C)(C)C(c1ccc2ccccc2c1)C(O)c1ccccc1.[Br-]. The van der Waals surface area contributed by atoms with Gasteiger partial charge in [-0.25, -0.2) is 0 Å². The van der Waals surface area contributed by atoms with Crippen molar-refractivity contribution in [3.8, 4) is 0 Å². The van der Waals surface area contributed by atoms with E-state index in [2.05, 4.69) is 75.6 Å². The van der Waals surface area contributed by atoms with Crippen molar-refractivity contribution in [3.05, 3.63) is 83.9 Å². The smallest absolute Gasteiger partial charge is 0.145 e. The third kappa shape index (κ3) is 9.04. The molecule has 2 unspecified atom stereocenters. The molecule has 0 aliphatic carbocycles. The summed E-state index contributed by atoms with van der Waals surface area (Å²) in [6.45, 7) is 3.35. The maximum absolute atomic E-state index is 11.6. The maximum atomic E-state index is 11.6. The van der Waals surface area contributed by atoms with Crippen LogP contribution in [0.15, 0.2) is 72.8 Å². The van der Waals surface area contributed by atoms with Crippen molar-refractivity contribution in [1.29, 1.82) is 0 Å². The summed E-state index contributed by atoms with van der Waals surface area (Å²) in [6.07, 6.45) is 12.9. The van der Waals surface area contributed by atoms with Crippen molar-refractivity contribution in [1.82, 2.24) is 0 Å². The lowest BCUT2D eigenvalue weighted by Crippen LogP contribution is -3.00. The Morgan fingerprint density at radius 3 is 1.80 bits per heavy atom. The van der Waals surface area contributed by atoms with E-state index in [1.165, 1.54) is 80.5 Å². The number of benzene rings is 3. The Labute approximate surface area is 224 Å². The van der Waals surface area contributed by atoms with Gasteiger partial charge < -0.3 is 26.6 Å². The number of aliphatic hydroxyl groups is 1. The summed E-state index contributed by atoms with van der Waals surface area (Å²) in [7, 11) is 4.58. The molecule has 2 atom stereocenters. The van der Waals surface area contributed by atoms with Gasteiger partial charge in [0.1, 0.15) is 12.1 Å². The zero-order valence-electron chi connectivity index (χ0n) is 22.1. The summed E-state index contributed by atoms with van der Waals surface area (Å²) in [6, 6.07) is 25.4. The van der Waals surface area contributed by atoms with E-state index < -0.39 is 6.10 Å². The molecule has 0 amide bonds. The highest BCUT2D eigenvalue weighted by Crippen LogP contribution is 2.38. The van der Waals surface area contributed by atoms with E-state index in [1.807, 2.05) is 18.2 Å². The highest BCUT2D eigenvalue weighted by atomic mass is 79.9. The van der Waals surface area contributed by atoms with Crippen molar-refractivity contribution in [3.63, 3.8) is 0 Å². The first-order valence-corrected chi connectivity index (χ1v) is 13.6. The molecule has 0 saturated heterocycles. The minimum absolute atomic E-state index is 0. The summed E-state index contributed by atoms with van der Waals surface area (Å²) >= 11 is 0. The van der Waals surface area contributed by atoms with Crippen LogP contribution in [0.2, 0.25) is 0 Å². The fourth-order valence-corrected chi connectivity index (χ4v) is 5.34. The standard InChI is InChI=1S/C32H46NO.BrH/c1-4-5-6-7-8-9-10-11-12-18-25-33(2,3)31(32(34)28-20-14-13-15-21-28)30-24-23-27-19-16-17-22-29(27)26-30;/h13-17,19-24,26,31-32,34H,4-12,18,25H2,1-3H3;1H/q+1;/p-1. The number of halogens is 1. The molecule has 0 aromatic heterocycles. The van der Waals surface area contributed by atoms with Crippen molar-refractivity contribution in [2.45, 2.75) is 83.3 Å². The number of fused-ring (bicyclic) bond motifs is 1. The lowest BCUT2D eigenvalue weighted by Gasteiger charge is -2.41. The van der Waals surface area contributed by atoms with Crippen LogP contribution in [-0.4, -0.2) is 30.2 Å². The fraction of sp³-hybridized carbons (Fsp3) is 0.500. The average molecular weight is 541 g/mol. The Morgan fingerprint density at radius 2 is 1.17 bits per heavy atom. The monoisotopic (exact) mass is 539 g/mol. The highest BCUT2D eigenvalue weighted by Gasteiger charge is 2.36. The van der Waals surface area contributed by atoms with Crippen LogP contribution in [0.5, 0.6) is 0 Å². The Morgan fingerprint density at radius 1 is 0.629 bits per heavy atom. The summed E-state index contributed by atoms with van der Waals surface area (Å²) in [4.78, 5) is 0. The highest BCUT2D eigenvalue weighted by molar-refractivity contribution is 5.83. The van der Waals surface area contributed by atoms with Gasteiger partial charge >= 0.3 is 0 Å². The predicted octanol–water partition coefficient (Wildman–Crippen LogP) is 5.62. The van der Waals surface area contributed by atoms with E-state index in [1.54, 1.807) is 0 Å². The molecule has 1 N–H and O–H groups in total. The number of quaternary nitrogens is 1. The molecular formula is C32H46BrNO. The number of rotatable bonds is 15. The van der Waals surface area contributed by atoms with Gasteiger partial charge in [0, 0.05) is 5.56 Å². The van der Waals surface area contributed by atoms with E-state index in [0.717, 1.165) is 16.6 Å². The number of nitrogens with zero attached hydrogens (tertiary/aromatic N) is 1. The Balaban J connectivity index is 0.00000432. The average Bonchev–Trinajstić information content (AvgIpc) is 2.85. The zero-order chi connectivity index (χ0) is 24.2. The minimum Gasteiger partial charge on any atom is -1.00 e. The molecule has 2 nitrogen and oxygen atoms in total. The first kappa shape index (κ1) is 29.5. The molecule has 3 rings (SSSR count). The van der Waals surface area contributed by atoms with Gasteiger partial charge in [0.15, 0.2) is 0 Å². The molecule has 0 radical (unpaired) electrons. The van der Waals surface area contributed by atoms with Gasteiger partial charge in [0.25, 0.3) is 0 Å². The maximum Gasteiger partial charge on any atom is 0.145 e. The first-order chi connectivity index (χ1) is 16.5. The van der Waals surface area contributed by atoms with E-state index >= 15 is 0 Å². The lowest BCUT2D eigenvalue weighted by atomic mass is 9.91. The normalized spacial score (nSPS) is 13.4. The number of aliphatic hydroxyl groups excluding tert-OH is 1. The molecule has 0 spiro atoms. The van der Waals surface area contributed by atoms with Gasteiger partial charge in [-0.3, -0.25) is 0 Å². The largest absolute Gasteiger partial charge is 1.00 e. The second-order valence-corrected chi connectivity index (χ2v) is 10.6. The molecule has 192 valence electrons.